The van der Waals surface area contributed by atoms with Crippen LogP contribution in [-0.4, -0.2) is 37.2 Å². The fourth-order valence-corrected chi connectivity index (χ4v) is 6.75. The molecule has 0 amide bonds. The van der Waals surface area contributed by atoms with E-state index in [4.69, 9.17) is 14.2 Å². The molecule has 0 aromatic heterocycles. The van der Waals surface area contributed by atoms with E-state index in [1.165, 1.54) is 128 Å². The highest BCUT2D eigenvalue weighted by atomic mass is 16.6. The van der Waals surface area contributed by atoms with Crippen molar-refractivity contribution in [2.45, 2.75) is 253 Å². The van der Waals surface area contributed by atoms with E-state index < -0.39 is 6.10 Å². The molecule has 0 rings (SSSR count). The number of hydrogen-bond donors (Lipinski definition) is 0. The second kappa shape index (κ2) is 39.1. The van der Waals surface area contributed by atoms with E-state index in [2.05, 4.69) is 34.6 Å². The summed E-state index contributed by atoms with van der Waals surface area (Å²) in [5.41, 5.74) is 0. The summed E-state index contributed by atoms with van der Waals surface area (Å²) in [5.74, 6) is 0.788. The third-order valence-corrected chi connectivity index (χ3v) is 10.2. The van der Waals surface area contributed by atoms with Crippen LogP contribution in [0.5, 0.6) is 0 Å². The van der Waals surface area contributed by atoms with Crippen LogP contribution < -0.4 is 0 Å². The molecule has 0 aromatic carbocycles. The average molecular weight is 737 g/mol. The summed E-state index contributed by atoms with van der Waals surface area (Å²) in [6, 6.07) is 0. The first-order valence-electron chi connectivity index (χ1n) is 22.7. The molecule has 0 N–H and O–H groups in total. The van der Waals surface area contributed by atoms with Crippen LogP contribution in [0.25, 0.3) is 0 Å². The van der Waals surface area contributed by atoms with Gasteiger partial charge in [0.15, 0.2) is 6.10 Å². The molecule has 0 saturated heterocycles. The van der Waals surface area contributed by atoms with Crippen molar-refractivity contribution < 1.29 is 28.6 Å². The van der Waals surface area contributed by atoms with Crippen LogP contribution in [0.15, 0.2) is 0 Å². The van der Waals surface area contributed by atoms with E-state index in [9.17, 15) is 14.4 Å². The maximum absolute atomic E-state index is 12.7. The minimum Gasteiger partial charge on any atom is -0.462 e. The van der Waals surface area contributed by atoms with E-state index >= 15 is 0 Å². The van der Waals surface area contributed by atoms with Gasteiger partial charge < -0.3 is 14.2 Å². The molecule has 6 heteroatoms. The van der Waals surface area contributed by atoms with Gasteiger partial charge in [-0.2, -0.15) is 0 Å². The third kappa shape index (κ3) is 39.6. The van der Waals surface area contributed by atoms with Gasteiger partial charge >= 0.3 is 17.9 Å². The van der Waals surface area contributed by atoms with E-state index in [0.717, 1.165) is 76.0 Å². The molecule has 6 nitrogen and oxygen atoms in total. The first kappa shape index (κ1) is 50.4. The van der Waals surface area contributed by atoms with Gasteiger partial charge in [0, 0.05) is 19.3 Å². The largest absolute Gasteiger partial charge is 0.462 e. The Morgan fingerprint density at radius 2 is 0.635 bits per heavy atom. The van der Waals surface area contributed by atoms with Crippen LogP contribution in [0.3, 0.4) is 0 Å². The van der Waals surface area contributed by atoms with E-state index in [-0.39, 0.29) is 31.1 Å². The van der Waals surface area contributed by atoms with Gasteiger partial charge in [-0.15, -0.1) is 0 Å². The lowest BCUT2D eigenvalue weighted by Gasteiger charge is -2.18. The molecule has 0 aliphatic carbocycles. The van der Waals surface area contributed by atoms with Crippen molar-refractivity contribution in [2.75, 3.05) is 13.2 Å². The molecule has 0 fully saturated rings. The summed E-state index contributed by atoms with van der Waals surface area (Å²) >= 11 is 0. The Bertz CT molecular complexity index is 794. The standard InChI is InChI=1S/C46H88O6/c1-6-7-8-24-31-36-44(47)50-39-43(52-46(49)38-33-28-23-19-15-11-13-17-21-26-30-35-42(4)5)40-51-45(48)37-32-27-22-18-14-10-9-12-16-20-25-29-34-41(2)3/h41-43H,6-40H2,1-5H3/t43-/m1/s1. The molecule has 0 bridgehead atoms. The normalized spacial score (nSPS) is 12.1. The molecule has 308 valence electrons. The monoisotopic (exact) mass is 737 g/mol. The molecular weight excluding hydrogens is 649 g/mol. The van der Waals surface area contributed by atoms with Gasteiger partial charge in [0.2, 0.25) is 0 Å². The van der Waals surface area contributed by atoms with Crippen LogP contribution in [-0.2, 0) is 28.6 Å². The van der Waals surface area contributed by atoms with Gasteiger partial charge in [0.25, 0.3) is 0 Å². The molecule has 0 unspecified atom stereocenters. The number of unbranched alkanes of at least 4 members (excludes halogenated alkanes) is 25. The zero-order valence-electron chi connectivity index (χ0n) is 35.4. The molecule has 0 aliphatic heterocycles. The fourth-order valence-electron chi connectivity index (χ4n) is 6.75. The van der Waals surface area contributed by atoms with E-state index in [1.54, 1.807) is 0 Å². The van der Waals surface area contributed by atoms with Gasteiger partial charge in [-0.25, -0.2) is 0 Å². The minimum atomic E-state index is -0.758. The van der Waals surface area contributed by atoms with Crippen molar-refractivity contribution in [2.24, 2.45) is 11.8 Å². The molecule has 0 radical (unpaired) electrons. The Morgan fingerprint density at radius 3 is 0.942 bits per heavy atom. The van der Waals surface area contributed by atoms with Crippen LogP contribution in [0.1, 0.15) is 247 Å². The van der Waals surface area contributed by atoms with Crippen molar-refractivity contribution in [1.82, 2.24) is 0 Å². The summed E-state index contributed by atoms with van der Waals surface area (Å²) in [5, 5.41) is 0. The molecule has 0 heterocycles. The second-order valence-electron chi connectivity index (χ2n) is 16.6. The lowest BCUT2D eigenvalue weighted by molar-refractivity contribution is -0.167. The Hall–Kier alpha value is -1.59. The lowest BCUT2D eigenvalue weighted by Crippen LogP contribution is -2.30. The zero-order chi connectivity index (χ0) is 38.3. The van der Waals surface area contributed by atoms with Gasteiger partial charge in [0.1, 0.15) is 13.2 Å². The van der Waals surface area contributed by atoms with Crippen molar-refractivity contribution in [1.29, 1.82) is 0 Å². The summed E-state index contributed by atoms with van der Waals surface area (Å²) in [7, 11) is 0. The predicted octanol–water partition coefficient (Wildman–Crippen LogP) is 14.2. The van der Waals surface area contributed by atoms with E-state index in [0.29, 0.717) is 19.3 Å². The number of esters is 3. The van der Waals surface area contributed by atoms with Gasteiger partial charge in [-0.05, 0) is 31.1 Å². The molecule has 1 atom stereocenters. The number of carbonyl (C=O) groups is 3. The molecule has 0 spiro atoms. The Kier molecular flexibility index (Phi) is 37.9. The highest BCUT2D eigenvalue weighted by Gasteiger charge is 2.19. The first-order valence-corrected chi connectivity index (χ1v) is 22.7. The van der Waals surface area contributed by atoms with Crippen molar-refractivity contribution in [3.63, 3.8) is 0 Å². The minimum absolute atomic E-state index is 0.0657. The summed E-state index contributed by atoms with van der Waals surface area (Å²) < 4.78 is 16.6. The van der Waals surface area contributed by atoms with Gasteiger partial charge in [-0.3, -0.25) is 14.4 Å². The summed E-state index contributed by atoms with van der Waals surface area (Å²) in [6.45, 7) is 11.3. The molecular formula is C46H88O6. The van der Waals surface area contributed by atoms with Crippen molar-refractivity contribution >= 4 is 17.9 Å². The highest BCUT2D eigenvalue weighted by molar-refractivity contribution is 5.71. The van der Waals surface area contributed by atoms with Crippen LogP contribution in [0, 0.1) is 11.8 Å². The Morgan fingerprint density at radius 1 is 0.365 bits per heavy atom. The average Bonchev–Trinajstić information content (AvgIpc) is 3.11. The molecule has 0 aromatic rings. The summed E-state index contributed by atoms with van der Waals surface area (Å²) in [6.07, 6.45) is 36.9. The van der Waals surface area contributed by atoms with E-state index in [1.807, 2.05) is 0 Å². The molecule has 0 saturated carbocycles. The topological polar surface area (TPSA) is 78.9 Å². The quantitative estimate of drug-likeness (QED) is 0.0354. The van der Waals surface area contributed by atoms with Crippen molar-refractivity contribution in [3.05, 3.63) is 0 Å². The maximum atomic E-state index is 12.7. The zero-order valence-corrected chi connectivity index (χ0v) is 35.4. The predicted molar refractivity (Wildman–Crippen MR) is 220 cm³/mol. The lowest BCUT2D eigenvalue weighted by atomic mass is 10.0. The number of rotatable bonds is 40. The Labute approximate surface area is 323 Å². The van der Waals surface area contributed by atoms with Gasteiger partial charge in [-0.1, -0.05) is 208 Å². The van der Waals surface area contributed by atoms with Crippen LogP contribution in [0.2, 0.25) is 0 Å². The highest BCUT2D eigenvalue weighted by Crippen LogP contribution is 2.16. The molecule has 0 aliphatic rings. The smallest absolute Gasteiger partial charge is 0.306 e. The Balaban J connectivity index is 4.18. The number of hydrogen-bond acceptors (Lipinski definition) is 6. The van der Waals surface area contributed by atoms with Gasteiger partial charge in [0.05, 0.1) is 0 Å². The first-order chi connectivity index (χ1) is 25.2. The SMILES string of the molecule is CCCCCCCC(=O)OC[C@H](COC(=O)CCCCCCCCCCCCCCC(C)C)OC(=O)CCCCCCCCCCCCCC(C)C. The maximum Gasteiger partial charge on any atom is 0.306 e. The fraction of sp³-hybridized carbons (Fsp3) is 0.935. The summed E-state index contributed by atoms with van der Waals surface area (Å²) in [4.78, 5) is 37.5. The van der Waals surface area contributed by atoms with Crippen molar-refractivity contribution in [3.8, 4) is 0 Å². The number of carbonyl (C=O) groups excluding carboxylic acids is 3. The molecule has 52 heavy (non-hydrogen) atoms. The van der Waals surface area contributed by atoms with Crippen LogP contribution in [0.4, 0.5) is 0 Å². The number of ether oxygens (including phenoxy) is 3. The second-order valence-corrected chi connectivity index (χ2v) is 16.6. The van der Waals surface area contributed by atoms with Crippen LogP contribution >= 0.6 is 0 Å². The third-order valence-electron chi connectivity index (χ3n) is 10.2.